The van der Waals surface area contributed by atoms with Gasteiger partial charge in [0.05, 0.1) is 12.2 Å². The van der Waals surface area contributed by atoms with Crippen molar-refractivity contribution in [2.75, 3.05) is 6.54 Å². The third-order valence-corrected chi connectivity index (χ3v) is 4.01. The maximum Gasteiger partial charge on any atom is 0.192 e. The summed E-state index contributed by atoms with van der Waals surface area (Å²) in [5.74, 6) is 3.88. The molecule has 0 bridgehead atoms. The predicted molar refractivity (Wildman–Crippen MR) is 106 cm³/mol. The summed E-state index contributed by atoms with van der Waals surface area (Å²) in [5.41, 5.74) is 0.966. The molecular formula is C16H26IN7O. The quantitative estimate of drug-likeness (QED) is 0.391. The van der Waals surface area contributed by atoms with Crippen molar-refractivity contribution in [1.82, 2.24) is 30.6 Å². The number of hydrogen-bond acceptors (Lipinski definition) is 5. The fourth-order valence-electron chi connectivity index (χ4n) is 2.67. The van der Waals surface area contributed by atoms with E-state index in [2.05, 4.69) is 49.4 Å². The van der Waals surface area contributed by atoms with E-state index in [1.165, 1.54) is 0 Å². The number of aliphatic imine (C=N–C) groups is 1. The van der Waals surface area contributed by atoms with E-state index >= 15 is 0 Å². The highest BCUT2D eigenvalue weighted by Gasteiger charge is 2.16. The predicted octanol–water partition coefficient (Wildman–Crippen LogP) is 2.21. The first-order valence-corrected chi connectivity index (χ1v) is 8.56. The van der Waals surface area contributed by atoms with E-state index in [4.69, 9.17) is 4.52 Å². The van der Waals surface area contributed by atoms with Gasteiger partial charge in [0.1, 0.15) is 12.4 Å². The van der Waals surface area contributed by atoms with E-state index in [9.17, 15) is 0 Å². The van der Waals surface area contributed by atoms with E-state index in [0.29, 0.717) is 19.0 Å². The summed E-state index contributed by atoms with van der Waals surface area (Å²) in [4.78, 5) is 4.60. The first kappa shape index (κ1) is 19.7. The number of aryl methyl sites for hydroxylation is 1. The zero-order chi connectivity index (χ0) is 16.9. The molecule has 0 fully saturated rings. The summed E-state index contributed by atoms with van der Waals surface area (Å²) in [7, 11) is 0. The second kappa shape index (κ2) is 9.16. The molecule has 0 atom stereocenters. The largest absolute Gasteiger partial charge is 0.359 e. The van der Waals surface area contributed by atoms with Gasteiger partial charge in [-0.1, -0.05) is 19.0 Å². The Morgan fingerprint density at radius 3 is 2.92 bits per heavy atom. The number of rotatable bonds is 6. The van der Waals surface area contributed by atoms with E-state index in [1.807, 2.05) is 13.0 Å². The summed E-state index contributed by atoms with van der Waals surface area (Å²) >= 11 is 0. The van der Waals surface area contributed by atoms with Crippen molar-refractivity contribution in [3.8, 4) is 0 Å². The van der Waals surface area contributed by atoms with Gasteiger partial charge in [-0.25, -0.2) is 4.99 Å². The molecule has 0 amide bonds. The molecule has 0 unspecified atom stereocenters. The monoisotopic (exact) mass is 459 g/mol. The van der Waals surface area contributed by atoms with Gasteiger partial charge >= 0.3 is 0 Å². The first-order chi connectivity index (χ1) is 11.7. The Hall–Kier alpha value is -1.65. The highest BCUT2D eigenvalue weighted by molar-refractivity contribution is 14.0. The van der Waals surface area contributed by atoms with Gasteiger partial charge in [-0.3, -0.25) is 0 Å². The molecule has 3 heterocycles. The lowest BCUT2D eigenvalue weighted by Gasteiger charge is -2.09. The van der Waals surface area contributed by atoms with Gasteiger partial charge in [0.15, 0.2) is 17.5 Å². The second-order valence-corrected chi connectivity index (χ2v) is 6.21. The fraction of sp³-hybridized carbons (Fsp3) is 0.625. The van der Waals surface area contributed by atoms with Crippen LogP contribution in [0.25, 0.3) is 0 Å². The Morgan fingerprint density at radius 2 is 2.20 bits per heavy atom. The Bertz CT molecular complexity index is 707. The maximum atomic E-state index is 5.34. The SMILES string of the molecule is CCNC(=NCc1nnc2n1CCC2)NCc1cc(C(C)C)no1.I. The van der Waals surface area contributed by atoms with Crippen LogP contribution in [0.5, 0.6) is 0 Å². The van der Waals surface area contributed by atoms with E-state index in [0.717, 1.165) is 55.0 Å². The van der Waals surface area contributed by atoms with Crippen molar-refractivity contribution in [2.45, 2.75) is 59.2 Å². The molecule has 1 aliphatic rings. The summed E-state index contributed by atoms with van der Waals surface area (Å²) in [5, 5.41) is 19.0. The summed E-state index contributed by atoms with van der Waals surface area (Å²) in [6, 6.07) is 1.98. The van der Waals surface area contributed by atoms with Gasteiger partial charge in [-0.2, -0.15) is 0 Å². The van der Waals surface area contributed by atoms with Gasteiger partial charge in [-0.05, 0) is 19.3 Å². The summed E-state index contributed by atoms with van der Waals surface area (Å²) in [6.45, 7) is 9.07. The molecule has 2 aromatic rings. The van der Waals surface area contributed by atoms with Crippen molar-refractivity contribution < 1.29 is 4.52 Å². The van der Waals surface area contributed by atoms with Gasteiger partial charge in [0.2, 0.25) is 0 Å². The maximum absolute atomic E-state index is 5.34. The van der Waals surface area contributed by atoms with E-state index in [1.54, 1.807) is 0 Å². The molecule has 25 heavy (non-hydrogen) atoms. The first-order valence-electron chi connectivity index (χ1n) is 8.56. The summed E-state index contributed by atoms with van der Waals surface area (Å²) in [6.07, 6.45) is 2.16. The molecule has 0 saturated carbocycles. The van der Waals surface area contributed by atoms with Crippen molar-refractivity contribution in [1.29, 1.82) is 0 Å². The number of guanidine groups is 1. The minimum atomic E-state index is 0. The van der Waals surface area contributed by atoms with Crippen LogP contribution in [0.3, 0.4) is 0 Å². The van der Waals surface area contributed by atoms with Gasteiger partial charge < -0.3 is 19.7 Å². The average Bonchev–Trinajstić information content (AvgIpc) is 3.26. The Balaban J connectivity index is 0.00000225. The third kappa shape index (κ3) is 4.93. The molecule has 1 aliphatic heterocycles. The van der Waals surface area contributed by atoms with E-state index < -0.39 is 0 Å². The minimum absolute atomic E-state index is 0. The van der Waals surface area contributed by atoms with Gasteiger partial charge in [-0.15, -0.1) is 34.2 Å². The molecule has 9 heteroatoms. The molecular weight excluding hydrogens is 433 g/mol. The lowest BCUT2D eigenvalue weighted by Crippen LogP contribution is -2.36. The number of halogens is 1. The Morgan fingerprint density at radius 1 is 1.36 bits per heavy atom. The molecule has 0 radical (unpaired) electrons. The normalized spacial score (nSPS) is 13.7. The lowest BCUT2D eigenvalue weighted by molar-refractivity contribution is 0.372. The molecule has 138 valence electrons. The standard InChI is InChI=1S/C16H25N7O.HI/c1-4-17-16(18-9-12-8-13(11(2)3)22-24-12)19-10-15-21-20-14-6-5-7-23(14)15;/h8,11H,4-7,9-10H2,1-3H3,(H2,17,18,19);1H. The van der Waals surface area contributed by atoms with Crippen LogP contribution in [0.4, 0.5) is 0 Å². The van der Waals surface area contributed by atoms with Crippen LogP contribution in [0, 0.1) is 0 Å². The topological polar surface area (TPSA) is 93.2 Å². The van der Waals surface area contributed by atoms with Crippen molar-refractivity contribution in [2.24, 2.45) is 4.99 Å². The van der Waals surface area contributed by atoms with Crippen molar-refractivity contribution in [3.05, 3.63) is 29.2 Å². The van der Waals surface area contributed by atoms with Crippen LogP contribution >= 0.6 is 24.0 Å². The van der Waals surface area contributed by atoms with Crippen LogP contribution in [0.1, 0.15) is 56.2 Å². The van der Waals surface area contributed by atoms with Crippen LogP contribution in [0.2, 0.25) is 0 Å². The third-order valence-electron chi connectivity index (χ3n) is 4.01. The molecule has 2 N–H and O–H groups in total. The zero-order valence-corrected chi connectivity index (χ0v) is 17.3. The number of fused-ring (bicyclic) bond motifs is 1. The minimum Gasteiger partial charge on any atom is -0.359 e. The molecule has 0 spiro atoms. The van der Waals surface area contributed by atoms with Crippen LogP contribution in [-0.2, 0) is 26.1 Å². The number of hydrogen-bond donors (Lipinski definition) is 2. The van der Waals surface area contributed by atoms with E-state index in [-0.39, 0.29) is 24.0 Å². The van der Waals surface area contributed by atoms with Crippen LogP contribution < -0.4 is 10.6 Å². The fourth-order valence-corrected chi connectivity index (χ4v) is 2.67. The van der Waals surface area contributed by atoms with Crippen molar-refractivity contribution in [3.63, 3.8) is 0 Å². The van der Waals surface area contributed by atoms with Crippen LogP contribution in [-0.4, -0.2) is 32.4 Å². The average molecular weight is 459 g/mol. The van der Waals surface area contributed by atoms with Crippen molar-refractivity contribution >= 4 is 29.9 Å². The zero-order valence-electron chi connectivity index (χ0n) is 14.9. The Kier molecular flexibility index (Phi) is 7.21. The smallest absolute Gasteiger partial charge is 0.192 e. The molecule has 3 rings (SSSR count). The Labute approximate surface area is 164 Å². The van der Waals surface area contributed by atoms with Crippen LogP contribution in [0.15, 0.2) is 15.6 Å². The number of aromatic nitrogens is 4. The number of nitrogens with one attached hydrogen (secondary N) is 2. The second-order valence-electron chi connectivity index (χ2n) is 6.21. The van der Waals surface area contributed by atoms with Gasteiger partial charge in [0.25, 0.3) is 0 Å². The molecule has 0 aromatic carbocycles. The lowest BCUT2D eigenvalue weighted by atomic mass is 10.1. The summed E-state index contributed by atoms with van der Waals surface area (Å²) < 4.78 is 7.51. The number of nitrogens with zero attached hydrogens (tertiary/aromatic N) is 5. The van der Waals surface area contributed by atoms with Gasteiger partial charge in [0, 0.05) is 25.6 Å². The highest BCUT2D eigenvalue weighted by atomic mass is 127. The molecule has 8 nitrogen and oxygen atoms in total. The molecule has 2 aromatic heterocycles. The highest BCUT2D eigenvalue weighted by Crippen LogP contribution is 2.15. The molecule has 0 aliphatic carbocycles. The molecule has 0 saturated heterocycles.